The van der Waals surface area contributed by atoms with Crippen LogP contribution in [0.3, 0.4) is 0 Å². The fourth-order valence-corrected chi connectivity index (χ4v) is 4.74. The number of amides is 3. The van der Waals surface area contributed by atoms with Crippen LogP contribution in [0.5, 0.6) is 0 Å². The summed E-state index contributed by atoms with van der Waals surface area (Å²) >= 11 is 0. The predicted molar refractivity (Wildman–Crippen MR) is 117 cm³/mol. The van der Waals surface area contributed by atoms with Crippen LogP contribution < -0.4 is 10.2 Å². The van der Waals surface area contributed by atoms with E-state index < -0.39 is 5.54 Å². The van der Waals surface area contributed by atoms with Crippen LogP contribution in [0.1, 0.15) is 40.5 Å². The van der Waals surface area contributed by atoms with Gasteiger partial charge in [0.25, 0.3) is 5.91 Å². The highest BCUT2D eigenvalue weighted by atomic mass is 16.2. The van der Waals surface area contributed by atoms with Gasteiger partial charge in [-0.1, -0.05) is 45.9 Å². The molecule has 29 heavy (non-hydrogen) atoms. The van der Waals surface area contributed by atoms with Crippen LogP contribution in [0.2, 0.25) is 0 Å². The van der Waals surface area contributed by atoms with E-state index in [9.17, 15) is 9.59 Å². The minimum Gasteiger partial charge on any atom is -0.369 e. The van der Waals surface area contributed by atoms with Crippen LogP contribution in [0.4, 0.5) is 10.5 Å². The Morgan fingerprint density at radius 1 is 0.897 bits per heavy atom. The lowest BCUT2D eigenvalue weighted by Crippen LogP contribution is -2.55. The summed E-state index contributed by atoms with van der Waals surface area (Å²) in [6.45, 7) is 13.8. The van der Waals surface area contributed by atoms with E-state index in [-0.39, 0.29) is 23.8 Å². The molecule has 1 aromatic rings. The first-order valence-corrected chi connectivity index (χ1v) is 11.0. The maximum absolute atomic E-state index is 13.0. The standard InChI is InChI=1S/C23H36N4O2/c1-18(2)23(19(3)4)21(28)27(22(29)24-23)13-9-8-12-25-14-16-26(17-15-25)20-10-6-5-7-11-20/h5-7,10-11,18-19H,8-9,12-17H2,1-4H3,(H,24,29). The molecule has 6 heteroatoms. The summed E-state index contributed by atoms with van der Waals surface area (Å²) < 4.78 is 0. The lowest BCUT2D eigenvalue weighted by molar-refractivity contribution is -0.134. The van der Waals surface area contributed by atoms with Gasteiger partial charge in [-0.05, 0) is 43.4 Å². The fourth-order valence-electron chi connectivity index (χ4n) is 4.74. The van der Waals surface area contributed by atoms with E-state index in [4.69, 9.17) is 0 Å². The van der Waals surface area contributed by atoms with Crippen molar-refractivity contribution in [2.75, 3.05) is 44.2 Å². The molecule has 2 fully saturated rings. The molecule has 1 aromatic carbocycles. The van der Waals surface area contributed by atoms with E-state index in [2.05, 4.69) is 45.4 Å². The van der Waals surface area contributed by atoms with Crippen molar-refractivity contribution < 1.29 is 9.59 Å². The normalized spacial score (nSPS) is 20.1. The summed E-state index contributed by atoms with van der Waals surface area (Å²) in [4.78, 5) is 31.8. The topological polar surface area (TPSA) is 55.9 Å². The quantitative estimate of drug-likeness (QED) is 0.538. The molecular formula is C23H36N4O2. The number of para-hydroxylation sites is 1. The maximum Gasteiger partial charge on any atom is 0.325 e. The van der Waals surface area contributed by atoms with E-state index in [1.54, 1.807) is 0 Å². The molecule has 0 unspecified atom stereocenters. The number of unbranched alkanes of at least 4 members (excludes halogenated alkanes) is 1. The van der Waals surface area contributed by atoms with Crippen molar-refractivity contribution in [3.05, 3.63) is 30.3 Å². The van der Waals surface area contributed by atoms with Crippen LogP contribution in [0, 0.1) is 11.8 Å². The van der Waals surface area contributed by atoms with Crippen LogP contribution in [0.15, 0.2) is 30.3 Å². The molecule has 0 spiro atoms. The lowest BCUT2D eigenvalue weighted by Gasteiger charge is -2.36. The highest BCUT2D eigenvalue weighted by Crippen LogP contribution is 2.33. The number of hydrogen-bond acceptors (Lipinski definition) is 4. The molecule has 0 bridgehead atoms. The second-order valence-electron chi connectivity index (χ2n) is 8.94. The third kappa shape index (κ3) is 4.42. The molecule has 0 atom stereocenters. The first kappa shape index (κ1) is 21.6. The average Bonchev–Trinajstić information content (AvgIpc) is 2.98. The Hall–Kier alpha value is -2.08. The molecule has 2 aliphatic heterocycles. The zero-order valence-electron chi connectivity index (χ0n) is 18.4. The van der Waals surface area contributed by atoms with E-state index in [0.717, 1.165) is 45.6 Å². The van der Waals surface area contributed by atoms with Crippen molar-refractivity contribution in [1.29, 1.82) is 0 Å². The van der Waals surface area contributed by atoms with Crippen molar-refractivity contribution in [2.45, 2.75) is 46.1 Å². The largest absolute Gasteiger partial charge is 0.369 e. The number of carbonyl (C=O) groups is 2. The molecule has 1 N–H and O–H groups in total. The lowest BCUT2D eigenvalue weighted by atomic mass is 9.77. The monoisotopic (exact) mass is 400 g/mol. The van der Waals surface area contributed by atoms with Crippen molar-refractivity contribution >= 4 is 17.6 Å². The number of carbonyl (C=O) groups excluding carboxylic acids is 2. The summed E-state index contributed by atoms with van der Waals surface area (Å²) in [6, 6.07) is 10.3. The van der Waals surface area contributed by atoms with Gasteiger partial charge in [-0.3, -0.25) is 14.6 Å². The molecule has 0 aliphatic carbocycles. The molecule has 2 saturated heterocycles. The number of anilines is 1. The number of nitrogens with zero attached hydrogens (tertiary/aromatic N) is 3. The molecule has 0 aromatic heterocycles. The van der Waals surface area contributed by atoms with Gasteiger partial charge in [-0.25, -0.2) is 4.79 Å². The number of benzene rings is 1. The number of piperazine rings is 1. The summed E-state index contributed by atoms with van der Waals surface area (Å²) in [5, 5.41) is 3.00. The SMILES string of the molecule is CC(C)C1(C(C)C)NC(=O)N(CCCCN2CCN(c3ccccc3)CC2)C1=O. The first-order chi connectivity index (χ1) is 13.9. The van der Waals surface area contributed by atoms with Gasteiger partial charge in [-0.15, -0.1) is 0 Å². The number of hydrogen-bond donors (Lipinski definition) is 1. The molecule has 2 aliphatic rings. The van der Waals surface area contributed by atoms with E-state index in [0.29, 0.717) is 6.54 Å². The molecule has 0 saturated carbocycles. The van der Waals surface area contributed by atoms with Gasteiger partial charge < -0.3 is 10.2 Å². The zero-order chi connectivity index (χ0) is 21.0. The van der Waals surface area contributed by atoms with Crippen LogP contribution in [-0.4, -0.2) is 66.5 Å². The summed E-state index contributed by atoms with van der Waals surface area (Å²) in [7, 11) is 0. The molecule has 2 heterocycles. The summed E-state index contributed by atoms with van der Waals surface area (Å²) in [5.74, 6) is 0.0960. The Morgan fingerprint density at radius 2 is 1.48 bits per heavy atom. The van der Waals surface area contributed by atoms with E-state index in [1.165, 1.54) is 10.6 Å². The van der Waals surface area contributed by atoms with Gasteiger partial charge in [0.05, 0.1) is 0 Å². The third-order valence-corrected chi connectivity index (χ3v) is 6.58. The van der Waals surface area contributed by atoms with Gasteiger partial charge in [0.2, 0.25) is 0 Å². The Labute approximate surface area is 175 Å². The first-order valence-electron chi connectivity index (χ1n) is 11.0. The molecule has 3 amide bonds. The van der Waals surface area contributed by atoms with Gasteiger partial charge in [0.15, 0.2) is 0 Å². The Bertz CT molecular complexity index is 688. The maximum atomic E-state index is 13.0. The van der Waals surface area contributed by atoms with Gasteiger partial charge >= 0.3 is 6.03 Å². The Balaban J connectivity index is 1.42. The van der Waals surface area contributed by atoms with Gasteiger partial charge in [0.1, 0.15) is 5.54 Å². The highest BCUT2D eigenvalue weighted by molar-refractivity contribution is 6.07. The molecule has 160 valence electrons. The average molecular weight is 401 g/mol. The summed E-state index contributed by atoms with van der Waals surface area (Å²) in [5.41, 5.74) is 0.537. The minimum absolute atomic E-state index is 0.0519. The number of nitrogens with one attached hydrogen (secondary N) is 1. The fraction of sp³-hybridized carbons (Fsp3) is 0.652. The second-order valence-corrected chi connectivity index (χ2v) is 8.94. The number of urea groups is 1. The minimum atomic E-state index is -0.759. The summed E-state index contributed by atoms with van der Waals surface area (Å²) in [6.07, 6.45) is 1.85. The third-order valence-electron chi connectivity index (χ3n) is 6.58. The van der Waals surface area contributed by atoms with Crippen molar-refractivity contribution in [3.8, 4) is 0 Å². The number of imide groups is 1. The van der Waals surface area contributed by atoms with E-state index in [1.807, 2.05) is 27.7 Å². The van der Waals surface area contributed by atoms with Gasteiger partial charge in [-0.2, -0.15) is 0 Å². The van der Waals surface area contributed by atoms with Crippen molar-refractivity contribution in [3.63, 3.8) is 0 Å². The van der Waals surface area contributed by atoms with Crippen molar-refractivity contribution in [2.24, 2.45) is 11.8 Å². The van der Waals surface area contributed by atoms with Gasteiger partial charge in [0, 0.05) is 38.4 Å². The molecular weight excluding hydrogens is 364 g/mol. The Morgan fingerprint density at radius 3 is 2.03 bits per heavy atom. The smallest absolute Gasteiger partial charge is 0.325 e. The van der Waals surface area contributed by atoms with Crippen LogP contribution in [0.25, 0.3) is 0 Å². The molecule has 0 radical (unpaired) electrons. The predicted octanol–water partition coefficient (Wildman–Crippen LogP) is 3.19. The van der Waals surface area contributed by atoms with E-state index >= 15 is 0 Å². The Kier molecular flexibility index (Phi) is 6.83. The molecule has 3 rings (SSSR count). The highest BCUT2D eigenvalue weighted by Gasteiger charge is 2.54. The van der Waals surface area contributed by atoms with Crippen LogP contribution >= 0.6 is 0 Å². The molecule has 6 nitrogen and oxygen atoms in total. The van der Waals surface area contributed by atoms with Crippen molar-refractivity contribution in [1.82, 2.24) is 15.1 Å². The van der Waals surface area contributed by atoms with Crippen LogP contribution in [-0.2, 0) is 4.79 Å². The number of rotatable bonds is 8. The zero-order valence-corrected chi connectivity index (χ0v) is 18.4. The second kappa shape index (κ2) is 9.16.